The monoisotopic (exact) mass is 414 g/mol. The molecule has 1 saturated heterocycles. The van der Waals surface area contributed by atoms with Crippen LogP contribution in [-0.4, -0.2) is 39.1 Å². The SMILES string of the molecule is COC(=O)c1ccc2c(c1)-c1c(C)cc(OC3CCS(=O)(=O)CC3)cc1CCC2. The van der Waals surface area contributed by atoms with Crippen LogP contribution < -0.4 is 4.74 Å². The van der Waals surface area contributed by atoms with Gasteiger partial charge in [-0.3, -0.25) is 0 Å². The summed E-state index contributed by atoms with van der Waals surface area (Å²) in [7, 11) is -1.50. The van der Waals surface area contributed by atoms with Crippen LogP contribution in [0.2, 0.25) is 0 Å². The molecule has 1 aliphatic carbocycles. The molecule has 4 rings (SSSR count). The lowest BCUT2D eigenvalue weighted by molar-refractivity contribution is 0.0600. The zero-order chi connectivity index (χ0) is 20.6. The van der Waals surface area contributed by atoms with Crippen molar-refractivity contribution in [3.05, 3.63) is 52.6 Å². The van der Waals surface area contributed by atoms with Gasteiger partial charge in [0, 0.05) is 0 Å². The Hall–Kier alpha value is -2.34. The lowest BCUT2D eigenvalue weighted by Gasteiger charge is -2.24. The van der Waals surface area contributed by atoms with Gasteiger partial charge in [-0.15, -0.1) is 0 Å². The maximum atomic E-state index is 12.0. The van der Waals surface area contributed by atoms with E-state index >= 15 is 0 Å². The standard InChI is InChI=1S/C23H26O5S/c1-15-12-20(28-19-8-10-29(25,26)11-9-19)13-17-5-3-4-16-6-7-18(23(24)27-2)14-21(16)22(15)17/h6-7,12-14,19H,3-5,8-11H2,1-2H3. The lowest BCUT2D eigenvalue weighted by atomic mass is 9.91. The van der Waals surface area contributed by atoms with Gasteiger partial charge in [-0.05, 0) is 91.1 Å². The highest BCUT2D eigenvalue weighted by Crippen LogP contribution is 2.38. The summed E-state index contributed by atoms with van der Waals surface area (Å²) in [5.74, 6) is 0.873. The first-order valence-electron chi connectivity index (χ1n) is 10.1. The molecule has 0 amide bonds. The van der Waals surface area contributed by atoms with Gasteiger partial charge in [-0.1, -0.05) is 6.07 Å². The van der Waals surface area contributed by atoms with Gasteiger partial charge < -0.3 is 9.47 Å². The van der Waals surface area contributed by atoms with Gasteiger partial charge >= 0.3 is 5.97 Å². The summed E-state index contributed by atoms with van der Waals surface area (Å²) in [6.45, 7) is 2.07. The molecule has 6 heteroatoms. The average Bonchev–Trinajstić information content (AvgIpc) is 2.87. The van der Waals surface area contributed by atoms with Gasteiger partial charge in [-0.25, -0.2) is 13.2 Å². The van der Waals surface area contributed by atoms with Crippen LogP contribution in [0.15, 0.2) is 30.3 Å². The highest BCUT2D eigenvalue weighted by molar-refractivity contribution is 7.91. The van der Waals surface area contributed by atoms with Crippen molar-refractivity contribution in [2.45, 2.75) is 45.1 Å². The molecular weight excluding hydrogens is 388 g/mol. The van der Waals surface area contributed by atoms with E-state index in [0.717, 1.165) is 36.1 Å². The molecule has 1 fully saturated rings. The molecular formula is C23H26O5S. The molecule has 2 aromatic rings. The van der Waals surface area contributed by atoms with Crippen LogP contribution >= 0.6 is 0 Å². The van der Waals surface area contributed by atoms with E-state index in [1.807, 2.05) is 24.3 Å². The molecule has 1 heterocycles. The molecule has 29 heavy (non-hydrogen) atoms. The topological polar surface area (TPSA) is 69.7 Å². The normalized spacial score (nSPS) is 18.3. The fourth-order valence-corrected chi connectivity index (χ4v) is 5.84. The van der Waals surface area contributed by atoms with Crippen molar-refractivity contribution in [2.24, 2.45) is 0 Å². The first-order valence-corrected chi connectivity index (χ1v) is 11.9. The Morgan fingerprint density at radius 2 is 1.76 bits per heavy atom. The summed E-state index contributed by atoms with van der Waals surface area (Å²) < 4.78 is 34.4. The predicted octanol–water partition coefficient (Wildman–Crippen LogP) is 3.89. The zero-order valence-corrected chi connectivity index (χ0v) is 17.7. The minimum atomic E-state index is -2.90. The Balaban J connectivity index is 1.67. The predicted molar refractivity (Wildman–Crippen MR) is 112 cm³/mol. The smallest absolute Gasteiger partial charge is 0.337 e. The molecule has 154 valence electrons. The molecule has 0 radical (unpaired) electrons. The van der Waals surface area contributed by atoms with E-state index in [9.17, 15) is 13.2 Å². The summed E-state index contributed by atoms with van der Waals surface area (Å²) >= 11 is 0. The fourth-order valence-electron chi connectivity index (χ4n) is 4.39. The second-order valence-electron chi connectivity index (χ2n) is 7.96. The van der Waals surface area contributed by atoms with Gasteiger partial charge in [0.25, 0.3) is 0 Å². The van der Waals surface area contributed by atoms with Crippen LogP contribution in [0.3, 0.4) is 0 Å². The first kappa shape index (κ1) is 20.0. The van der Waals surface area contributed by atoms with Gasteiger partial charge in [-0.2, -0.15) is 0 Å². The van der Waals surface area contributed by atoms with Gasteiger partial charge in [0.1, 0.15) is 11.9 Å². The van der Waals surface area contributed by atoms with Gasteiger partial charge in [0.2, 0.25) is 0 Å². The van der Waals surface area contributed by atoms with E-state index in [-0.39, 0.29) is 23.6 Å². The molecule has 0 aromatic heterocycles. The largest absolute Gasteiger partial charge is 0.490 e. The van der Waals surface area contributed by atoms with E-state index in [1.165, 1.54) is 23.8 Å². The van der Waals surface area contributed by atoms with Crippen molar-refractivity contribution >= 4 is 15.8 Å². The van der Waals surface area contributed by atoms with E-state index in [2.05, 4.69) is 13.0 Å². The summed E-state index contributed by atoms with van der Waals surface area (Å²) in [4.78, 5) is 12.0. The van der Waals surface area contributed by atoms with Crippen LogP contribution in [-0.2, 0) is 27.4 Å². The van der Waals surface area contributed by atoms with Crippen molar-refractivity contribution < 1.29 is 22.7 Å². The Kier molecular flexibility index (Phi) is 5.38. The summed E-state index contributed by atoms with van der Waals surface area (Å²) in [6.07, 6.45) is 3.96. The third-order valence-electron chi connectivity index (χ3n) is 5.89. The molecule has 0 N–H and O–H groups in total. The number of fused-ring (bicyclic) bond motifs is 3. The number of carbonyl (C=O) groups is 1. The molecule has 1 aliphatic heterocycles. The first-order chi connectivity index (χ1) is 13.9. The Labute approximate surface area is 172 Å². The summed E-state index contributed by atoms with van der Waals surface area (Å²) in [5, 5.41) is 0. The number of esters is 1. The van der Waals surface area contributed by atoms with E-state index in [4.69, 9.17) is 9.47 Å². The van der Waals surface area contributed by atoms with E-state index < -0.39 is 9.84 Å². The average molecular weight is 415 g/mol. The third kappa shape index (κ3) is 4.17. The van der Waals surface area contributed by atoms with Gasteiger partial charge in [0.05, 0.1) is 24.2 Å². The van der Waals surface area contributed by atoms with E-state index in [0.29, 0.717) is 18.4 Å². The van der Waals surface area contributed by atoms with Crippen LogP contribution in [0.1, 0.15) is 46.3 Å². The van der Waals surface area contributed by atoms with Crippen molar-refractivity contribution in [1.29, 1.82) is 0 Å². The van der Waals surface area contributed by atoms with Crippen LogP contribution in [0, 0.1) is 6.92 Å². The fraction of sp³-hybridized carbons (Fsp3) is 0.435. The number of benzene rings is 2. The second kappa shape index (κ2) is 7.82. The lowest BCUT2D eigenvalue weighted by Crippen LogP contribution is -2.30. The Morgan fingerprint density at radius 3 is 2.48 bits per heavy atom. The Morgan fingerprint density at radius 1 is 1.03 bits per heavy atom. The van der Waals surface area contributed by atoms with Crippen LogP contribution in [0.5, 0.6) is 5.75 Å². The molecule has 0 atom stereocenters. The number of hydrogen-bond donors (Lipinski definition) is 0. The van der Waals surface area contributed by atoms with Crippen molar-refractivity contribution in [1.82, 2.24) is 0 Å². The van der Waals surface area contributed by atoms with Crippen molar-refractivity contribution in [3.8, 4) is 16.9 Å². The van der Waals surface area contributed by atoms with Crippen molar-refractivity contribution in [3.63, 3.8) is 0 Å². The quantitative estimate of drug-likeness (QED) is 0.713. The molecule has 0 bridgehead atoms. The molecule has 0 unspecified atom stereocenters. The van der Waals surface area contributed by atoms with Crippen LogP contribution in [0.4, 0.5) is 0 Å². The molecule has 2 aliphatic rings. The number of rotatable bonds is 3. The zero-order valence-electron chi connectivity index (χ0n) is 16.9. The highest BCUT2D eigenvalue weighted by Gasteiger charge is 2.26. The number of hydrogen-bond acceptors (Lipinski definition) is 5. The molecule has 0 saturated carbocycles. The maximum absolute atomic E-state index is 12.0. The highest BCUT2D eigenvalue weighted by atomic mass is 32.2. The number of aryl methyl sites for hydroxylation is 3. The number of carbonyl (C=O) groups excluding carboxylic acids is 1. The molecule has 0 spiro atoms. The third-order valence-corrected chi connectivity index (χ3v) is 7.60. The summed E-state index contributed by atoms with van der Waals surface area (Å²) in [6, 6.07) is 9.92. The number of sulfone groups is 1. The minimum Gasteiger partial charge on any atom is -0.490 e. The van der Waals surface area contributed by atoms with Crippen molar-refractivity contribution in [2.75, 3.05) is 18.6 Å². The summed E-state index contributed by atoms with van der Waals surface area (Å²) in [5.41, 5.74) is 6.37. The second-order valence-corrected chi connectivity index (χ2v) is 10.3. The van der Waals surface area contributed by atoms with Crippen LogP contribution in [0.25, 0.3) is 11.1 Å². The minimum absolute atomic E-state index is 0.0556. The Bertz CT molecular complexity index is 1040. The maximum Gasteiger partial charge on any atom is 0.337 e. The molecule has 2 aromatic carbocycles. The molecule has 5 nitrogen and oxygen atoms in total. The van der Waals surface area contributed by atoms with Gasteiger partial charge in [0.15, 0.2) is 9.84 Å². The number of methoxy groups -OCH3 is 1. The number of ether oxygens (including phenoxy) is 2. The van der Waals surface area contributed by atoms with E-state index in [1.54, 1.807) is 0 Å².